The monoisotopic (exact) mass is 856 g/mol. The van der Waals surface area contributed by atoms with E-state index in [4.69, 9.17) is 9.47 Å². The van der Waals surface area contributed by atoms with Crippen LogP contribution in [0.25, 0.3) is 0 Å². The molecule has 2 aliphatic heterocycles. The minimum atomic E-state index is -4.06. The smallest absolute Gasteiger partial charge is 0.266 e. The Morgan fingerprint density at radius 2 is 0.937 bits per heavy atom. The van der Waals surface area contributed by atoms with Gasteiger partial charge in [0.25, 0.3) is 23.6 Å². The molecule has 10 nitrogen and oxygen atoms in total. The van der Waals surface area contributed by atoms with Crippen molar-refractivity contribution in [2.45, 2.75) is 79.9 Å². The van der Waals surface area contributed by atoms with E-state index in [1.165, 1.54) is 70.8 Å². The summed E-state index contributed by atoms with van der Waals surface area (Å²) in [7, 11) is -2.36. The van der Waals surface area contributed by atoms with Crippen molar-refractivity contribution in [3.63, 3.8) is 0 Å². The zero-order valence-electron chi connectivity index (χ0n) is 35.7. The summed E-state index contributed by atoms with van der Waals surface area (Å²) in [5, 5.41) is 0. The van der Waals surface area contributed by atoms with Crippen LogP contribution in [0.4, 0.5) is 11.4 Å². The molecule has 1 atom stereocenters. The zero-order valence-corrected chi connectivity index (χ0v) is 36.6. The van der Waals surface area contributed by atoms with Crippen LogP contribution in [0.3, 0.4) is 0 Å². The third-order valence-corrected chi connectivity index (χ3v) is 15.2. The van der Waals surface area contributed by atoms with Crippen molar-refractivity contribution in [3.05, 3.63) is 171 Å². The number of fused-ring (bicyclic) bond motifs is 6. The predicted octanol–water partition coefficient (Wildman–Crippen LogP) is 10.1. The summed E-state index contributed by atoms with van der Waals surface area (Å²) in [4.78, 5) is 55.8. The van der Waals surface area contributed by atoms with Gasteiger partial charge in [0.05, 0.1) is 50.5 Å². The molecule has 0 saturated heterocycles. The lowest BCUT2D eigenvalue weighted by Gasteiger charge is -2.30. The van der Waals surface area contributed by atoms with E-state index in [-0.39, 0.29) is 48.5 Å². The molecule has 0 aromatic heterocycles. The van der Waals surface area contributed by atoms with Gasteiger partial charge in [-0.1, -0.05) is 52.8 Å². The molecule has 0 radical (unpaired) electrons. The SMILES string of the molecule is CCc1ccc2c(c1)C(=O)N(c1ccc(S(=O)(=O)c3ccc(N4C(=O)c5ccc(Oc6ccc7c(c6)C(C)(C)CC76CC(C)(C)c7cc(OC)ccc76)cc5C4=O)cc3)cc1)C2=O. The van der Waals surface area contributed by atoms with Crippen LogP contribution < -0.4 is 19.3 Å². The van der Waals surface area contributed by atoms with Crippen molar-refractivity contribution in [2.24, 2.45) is 0 Å². The van der Waals surface area contributed by atoms with Crippen molar-refractivity contribution in [3.8, 4) is 17.2 Å². The van der Waals surface area contributed by atoms with Gasteiger partial charge in [0.2, 0.25) is 9.84 Å². The van der Waals surface area contributed by atoms with E-state index >= 15 is 0 Å². The lowest BCUT2D eigenvalue weighted by molar-refractivity contribution is 0.0910. The average Bonchev–Trinajstić information content (AvgIpc) is 3.85. The van der Waals surface area contributed by atoms with Crippen molar-refractivity contribution >= 4 is 44.8 Å². The fraction of sp³-hybridized carbons (Fsp3) is 0.231. The molecule has 6 aromatic rings. The summed E-state index contributed by atoms with van der Waals surface area (Å²) in [5.74, 6) is -0.136. The molecule has 2 heterocycles. The molecule has 6 aromatic carbocycles. The molecule has 4 amide bonds. The first-order chi connectivity index (χ1) is 30.0. The zero-order chi connectivity index (χ0) is 44.4. The van der Waals surface area contributed by atoms with Gasteiger partial charge in [0.1, 0.15) is 17.2 Å². The molecule has 0 N–H and O–H groups in total. The Kier molecular flexibility index (Phi) is 8.83. The number of rotatable bonds is 8. The van der Waals surface area contributed by atoms with Gasteiger partial charge in [0.15, 0.2) is 0 Å². The quantitative estimate of drug-likeness (QED) is 0.139. The number of methoxy groups -OCH3 is 1. The number of imide groups is 2. The van der Waals surface area contributed by atoms with E-state index in [2.05, 4.69) is 58.0 Å². The van der Waals surface area contributed by atoms with Gasteiger partial charge in [-0.05, 0) is 161 Å². The van der Waals surface area contributed by atoms with Gasteiger partial charge in [0, 0.05) is 5.41 Å². The third-order valence-electron chi connectivity index (χ3n) is 13.5. The Hall–Kier alpha value is -6.85. The van der Waals surface area contributed by atoms with Gasteiger partial charge < -0.3 is 9.47 Å². The molecular formula is C52H44N2O8S. The van der Waals surface area contributed by atoms with E-state index in [0.717, 1.165) is 34.0 Å². The fourth-order valence-corrected chi connectivity index (χ4v) is 11.8. The number of anilines is 2. The minimum Gasteiger partial charge on any atom is -0.497 e. The highest BCUT2D eigenvalue weighted by molar-refractivity contribution is 7.91. The summed E-state index contributed by atoms with van der Waals surface area (Å²) in [6, 6.07) is 33.8. The maximum absolute atomic E-state index is 13.9. The number of amides is 4. The number of hydrogen-bond donors (Lipinski definition) is 0. The molecule has 63 heavy (non-hydrogen) atoms. The Bertz CT molecular complexity index is 3120. The summed E-state index contributed by atoms with van der Waals surface area (Å²) in [5.41, 5.74) is 7.24. The molecule has 11 heteroatoms. The lowest BCUT2D eigenvalue weighted by atomic mass is 9.72. The fourth-order valence-electron chi connectivity index (χ4n) is 10.6. The van der Waals surface area contributed by atoms with Gasteiger partial charge >= 0.3 is 0 Å². The first kappa shape index (κ1) is 40.2. The van der Waals surface area contributed by atoms with Crippen LogP contribution in [0.1, 0.15) is 117 Å². The Morgan fingerprint density at radius 3 is 1.44 bits per heavy atom. The average molecular weight is 857 g/mol. The van der Waals surface area contributed by atoms with E-state index in [9.17, 15) is 27.6 Å². The molecule has 316 valence electrons. The van der Waals surface area contributed by atoms with Crippen LogP contribution in [0.2, 0.25) is 0 Å². The highest BCUT2D eigenvalue weighted by Gasteiger charge is 2.56. The topological polar surface area (TPSA) is 127 Å². The molecule has 10 rings (SSSR count). The molecule has 4 aliphatic rings. The molecular weight excluding hydrogens is 813 g/mol. The second-order valence-electron chi connectivity index (χ2n) is 18.2. The highest BCUT2D eigenvalue weighted by atomic mass is 32.2. The Morgan fingerprint density at radius 1 is 0.508 bits per heavy atom. The van der Waals surface area contributed by atoms with Crippen molar-refractivity contribution in [1.82, 2.24) is 0 Å². The summed E-state index contributed by atoms with van der Waals surface area (Å²) >= 11 is 0. The van der Waals surface area contributed by atoms with Crippen LogP contribution >= 0.6 is 0 Å². The number of nitrogens with zero attached hydrogens (tertiary/aromatic N) is 2. The van der Waals surface area contributed by atoms with Crippen LogP contribution in [0.5, 0.6) is 17.2 Å². The largest absolute Gasteiger partial charge is 0.497 e. The van der Waals surface area contributed by atoms with Gasteiger partial charge in [-0.25, -0.2) is 18.2 Å². The van der Waals surface area contributed by atoms with E-state index in [1.807, 2.05) is 19.1 Å². The molecule has 1 unspecified atom stereocenters. The summed E-state index contributed by atoms with van der Waals surface area (Å²) in [6.07, 6.45) is 2.64. The standard InChI is InChI=1S/C52H44N2O8S/c1-7-30-8-20-38-40(24-30)48(57)53(46(38)55)31-9-16-36(17-10-31)63(59,60)37-18-11-32(12-19-37)54-47(56)39-21-13-34(25-41(39)49(54)58)62-35-15-23-43-45(27-35)51(4,5)29-52(43)28-50(2,3)44-26-33(61-6)14-22-42(44)52/h8-27H,7,28-29H2,1-6H3. The van der Waals surface area contributed by atoms with E-state index in [1.54, 1.807) is 37.4 Å². The summed E-state index contributed by atoms with van der Waals surface area (Å²) in [6.45, 7) is 11.1. The van der Waals surface area contributed by atoms with Crippen LogP contribution in [-0.4, -0.2) is 39.2 Å². The highest BCUT2D eigenvalue weighted by Crippen LogP contribution is 2.63. The van der Waals surface area contributed by atoms with Crippen molar-refractivity contribution in [2.75, 3.05) is 16.9 Å². The van der Waals surface area contributed by atoms with Crippen LogP contribution in [0.15, 0.2) is 131 Å². The predicted molar refractivity (Wildman–Crippen MR) is 238 cm³/mol. The number of aryl methyl sites for hydroxylation is 1. The van der Waals surface area contributed by atoms with Gasteiger partial charge in [-0.3, -0.25) is 19.2 Å². The minimum absolute atomic E-state index is 0.0399. The molecule has 0 fully saturated rings. The van der Waals surface area contributed by atoms with Crippen LogP contribution in [-0.2, 0) is 32.5 Å². The molecule has 2 aliphatic carbocycles. The van der Waals surface area contributed by atoms with E-state index in [0.29, 0.717) is 29.0 Å². The Labute approximate surface area is 366 Å². The maximum atomic E-state index is 13.9. The van der Waals surface area contributed by atoms with E-state index < -0.39 is 33.5 Å². The first-order valence-electron chi connectivity index (χ1n) is 21.0. The number of hydrogen-bond acceptors (Lipinski definition) is 8. The second kappa shape index (κ2) is 13.8. The van der Waals surface area contributed by atoms with Crippen molar-refractivity contribution < 1.29 is 37.1 Å². The van der Waals surface area contributed by atoms with Crippen LogP contribution in [0, 0.1) is 0 Å². The molecule has 0 saturated carbocycles. The second-order valence-corrected chi connectivity index (χ2v) is 20.2. The number of carbonyl (C=O) groups excluding carboxylic acids is 4. The molecule has 0 bridgehead atoms. The maximum Gasteiger partial charge on any atom is 0.266 e. The van der Waals surface area contributed by atoms with Gasteiger partial charge in [-0.2, -0.15) is 0 Å². The number of benzene rings is 6. The number of carbonyl (C=O) groups is 4. The lowest BCUT2D eigenvalue weighted by Crippen LogP contribution is -2.29. The number of sulfone groups is 1. The summed E-state index contributed by atoms with van der Waals surface area (Å²) < 4.78 is 39.4. The number of ether oxygens (including phenoxy) is 2. The Balaban J connectivity index is 0.862. The molecule has 1 spiro atoms. The van der Waals surface area contributed by atoms with Gasteiger partial charge in [-0.15, -0.1) is 0 Å². The third kappa shape index (κ3) is 6.00. The normalized spacial score (nSPS) is 19.1. The van der Waals surface area contributed by atoms with Crippen molar-refractivity contribution in [1.29, 1.82) is 0 Å². The first-order valence-corrected chi connectivity index (χ1v) is 22.5.